The average Bonchev–Trinajstić information content (AvgIpc) is 3.82. The van der Waals surface area contributed by atoms with Gasteiger partial charge in [0, 0.05) is 77.8 Å². The van der Waals surface area contributed by atoms with Crippen LogP contribution >= 0.6 is 0 Å². The number of halogens is 6. The number of aromatic nitrogens is 8. The Morgan fingerprint density at radius 2 is 0.691 bits per heavy atom. The Labute approximate surface area is 342 Å². The molecule has 2 N–H and O–H groups in total. The zero-order chi connectivity index (χ0) is 39.6. The van der Waals surface area contributed by atoms with Crippen molar-refractivity contribution in [3.63, 3.8) is 0 Å². The van der Waals surface area contributed by atoms with Gasteiger partial charge < -0.3 is 32.9 Å². The van der Waals surface area contributed by atoms with Gasteiger partial charge in [-0.3, -0.25) is 20.0 Å². The molecule has 4 aromatic rings. The van der Waals surface area contributed by atoms with Crippen molar-refractivity contribution in [2.45, 2.75) is 11.0 Å². The Morgan fingerprint density at radius 1 is 0.527 bits per heavy atom. The predicted octanol–water partition coefficient (Wildman–Crippen LogP) is 0.656. The first-order valence-corrected chi connectivity index (χ1v) is 16.8. The topological polar surface area (TPSA) is 267 Å². The zero-order valence-electron chi connectivity index (χ0n) is 28.8. The maximum atomic E-state index is 10.7. The minimum absolute atomic E-state index is 0. The SMILES string of the molecule is Cn1ccnc1C=NCCN=Cc1nccn1C.Cn1ccnc1C=NCCN=Cc1nccn1C.O.O=S(=O)([O-])C(F)(F)F.O=S(=O)([O-])C(F)(F)F.[Ag+].[Ag+]. The van der Waals surface area contributed by atoms with Crippen molar-refractivity contribution in [3.8, 4) is 0 Å². The van der Waals surface area contributed by atoms with Crippen LogP contribution in [0.5, 0.6) is 0 Å². The van der Waals surface area contributed by atoms with E-state index in [2.05, 4.69) is 39.9 Å². The van der Waals surface area contributed by atoms with Crippen molar-refractivity contribution in [1.29, 1.82) is 0 Å². The molecule has 0 spiro atoms. The number of aliphatic imine (C=N–C) groups is 4. The van der Waals surface area contributed by atoms with E-state index in [-0.39, 0.29) is 50.2 Å². The molecule has 4 aromatic heterocycles. The van der Waals surface area contributed by atoms with Crippen molar-refractivity contribution in [1.82, 2.24) is 38.2 Å². The van der Waals surface area contributed by atoms with E-state index in [4.69, 9.17) is 25.9 Å². The van der Waals surface area contributed by atoms with E-state index in [1.165, 1.54) is 0 Å². The molecule has 0 atom stereocenters. The molecule has 29 heteroatoms. The summed E-state index contributed by atoms with van der Waals surface area (Å²) in [6, 6.07) is 0. The van der Waals surface area contributed by atoms with Crippen LogP contribution < -0.4 is 0 Å². The van der Waals surface area contributed by atoms with Crippen LogP contribution in [0.4, 0.5) is 26.3 Å². The first-order chi connectivity index (χ1) is 24.0. The Balaban J connectivity index is -0.000000689. The fourth-order valence-electron chi connectivity index (χ4n) is 2.82. The minimum Gasteiger partial charge on any atom is -0.741 e. The second-order valence-corrected chi connectivity index (χ2v) is 12.3. The van der Waals surface area contributed by atoms with Gasteiger partial charge in [0.15, 0.2) is 20.2 Å². The van der Waals surface area contributed by atoms with Crippen molar-refractivity contribution >= 4 is 45.1 Å². The second kappa shape index (κ2) is 26.3. The van der Waals surface area contributed by atoms with E-state index >= 15 is 0 Å². The first-order valence-electron chi connectivity index (χ1n) is 14.0. The van der Waals surface area contributed by atoms with Crippen LogP contribution in [0.3, 0.4) is 0 Å². The molecule has 4 heterocycles. The monoisotopic (exact) mass is 1020 g/mol. The molecule has 0 aromatic carbocycles. The number of nitrogens with zero attached hydrogens (tertiary/aromatic N) is 12. The van der Waals surface area contributed by atoms with Gasteiger partial charge in [-0.2, -0.15) is 26.3 Å². The number of hydrogen-bond acceptors (Lipinski definition) is 14. The number of alkyl halides is 6. The summed E-state index contributed by atoms with van der Waals surface area (Å²) in [6.07, 6.45) is 21.6. The van der Waals surface area contributed by atoms with E-state index in [9.17, 15) is 26.3 Å². The van der Waals surface area contributed by atoms with Gasteiger partial charge in [0.05, 0.1) is 51.0 Å². The predicted molar refractivity (Wildman–Crippen MR) is 178 cm³/mol. The minimum atomic E-state index is -6.09. The van der Waals surface area contributed by atoms with Crippen molar-refractivity contribution in [3.05, 3.63) is 72.9 Å². The smallest absolute Gasteiger partial charge is 0.741 e. The van der Waals surface area contributed by atoms with E-state index in [1.807, 2.05) is 71.2 Å². The van der Waals surface area contributed by atoms with E-state index in [0.717, 1.165) is 23.3 Å². The molecule has 19 nitrogen and oxygen atoms in total. The molecule has 0 aliphatic rings. The molecular weight excluding hydrogens is 986 g/mol. The van der Waals surface area contributed by atoms with Crippen molar-refractivity contribution < 1.29 is 103 Å². The molecule has 4 rings (SSSR count). The third-order valence-corrected chi connectivity index (χ3v) is 6.68. The van der Waals surface area contributed by atoms with Crippen LogP contribution in [0, 0.1) is 0 Å². The third-order valence-electron chi connectivity index (χ3n) is 5.54. The number of hydrogen-bond donors (Lipinski definition) is 0. The number of aryl methyl sites for hydroxylation is 4. The van der Waals surface area contributed by atoms with Gasteiger partial charge in [0.2, 0.25) is 0 Å². The first kappa shape index (κ1) is 55.7. The largest absolute Gasteiger partial charge is 1.00 e. The fourth-order valence-corrected chi connectivity index (χ4v) is 2.82. The maximum Gasteiger partial charge on any atom is 1.00 e. The van der Waals surface area contributed by atoms with E-state index < -0.39 is 31.3 Å². The van der Waals surface area contributed by atoms with Crippen molar-refractivity contribution in [2.24, 2.45) is 48.2 Å². The molecule has 0 bridgehead atoms. The van der Waals surface area contributed by atoms with Gasteiger partial charge in [0.1, 0.15) is 23.3 Å². The van der Waals surface area contributed by atoms with Crippen LogP contribution in [0.1, 0.15) is 23.3 Å². The van der Waals surface area contributed by atoms with Gasteiger partial charge in [0.25, 0.3) is 0 Å². The summed E-state index contributed by atoms with van der Waals surface area (Å²) >= 11 is 0. The summed E-state index contributed by atoms with van der Waals surface area (Å²) in [5, 5.41) is 0. The van der Waals surface area contributed by atoms with Crippen LogP contribution in [0.2, 0.25) is 0 Å². The fraction of sp³-hybridized carbons (Fsp3) is 0.385. The van der Waals surface area contributed by atoms with Gasteiger partial charge in [-0.1, -0.05) is 0 Å². The quantitative estimate of drug-likeness (QED) is 0.0535. The van der Waals surface area contributed by atoms with Crippen molar-refractivity contribution in [2.75, 3.05) is 26.2 Å². The van der Waals surface area contributed by atoms with Gasteiger partial charge in [-0.15, -0.1) is 0 Å². The zero-order valence-corrected chi connectivity index (χ0v) is 33.4. The molecular formula is C26H34Ag2F6N12O7S2. The van der Waals surface area contributed by atoms with Gasteiger partial charge in [-0.25, -0.2) is 36.8 Å². The maximum absolute atomic E-state index is 10.7. The Morgan fingerprint density at radius 3 is 0.800 bits per heavy atom. The third kappa shape index (κ3) is 22.5. The molecule has 0 fully saturated rings. The molecule has 0 aliphatic carbocycles. The Kier molecular flexibility index (Phi) is 26.6. The molecule has 55 heavy (non-hydrogen) atoms. The van der Waals surface area contributed by atoms with E-state index in [0.29, 0.717) is 26.2 Å². The summed E-state index contributed by atoms with van der Waals surface area (Å²) in [5.74, 6) is 3.40. The van der Waals surface area contributed by atoms with Crippen LogP contribution in [0.25, 0.3) is 0 Å². The summed E-state index contributed by atoms with van der Waals surface area (Å²) < 4.78 is 125. The summed E-state index contributed by atoms with van der Waals surface area (Å²) in [6.45, 7) is 2.59. The molecule has 0 aliphatic heterocycles. The molecule has 0 amide bonds. The molecule has 316 valence electrons. The Bertz CT molecular complexity index is 1770. The molecule has 0 saturated heterocycles. The van der Waals surface area contributed by atoms with Crippen LogP contribution in [0.15, 0.2) is 69.5 Å². The van der Waals surface area contributed by atoms with E-state index in [1.54, 1.807) is 49.6 Å². The van der Waals surface area contributed by atoms with Crippen LogP contribution in [-0.2, 0) is 93.2 Å². The molecule has 0 saturated carbocycles. The average molecular weight is 1020 g/mol. The Hall–Kier alpha value is -3.64. The second-order valence-electron chi connectivity index (χ2n) is 9.53. The van der Waals surface area contributed by atoms with Crippen LogP contribution in [-0.4, -0.2) is 132 Å². The number of rotatable bonds is 10. The summed E-state index contributed by atoms with van der Waals surface area (Å²) in [5.41, 5.74) is -11.3. The standard InChI is InChI=1S/2C12H16N6.2CHF3O3S.2Ag.H2O/c2*1-17-7-5-15-11(17)9-13-3-4-14-10-12-16-6-8-18(12)2;2*2-1(3,4)8(5,6)7;;;/h2*5-10H,3-4H2,1-2H3;2*(H,5,6,7);;;1H2/q;;;;2*+1;/p-2. The molecule has 0 unspecified atom stereocenters. The number of imidazole rings is 4. The van der Waals surface area contributed by atoms with Gasteiger partial charge >= 0.3 is 55.8 Å². The summed E-state index contributed by atoms with van der Waals surface area (Å²) in [7, 11) is -4.43. The molecule has 0 radical (unpaired) electrons. The van der Waals surface area contributed by atoms with Gasteiger partial charge in [-0.05, 0) is 0 Å². The normalized spacial score (nSPS) is 11.9. The summed E-state index contributed by atoms with van der Waals surface area (Å²) in [4.78, 5) is 33.7.